The molecule has 6 aromatic heterocycles. The summed E-state index contributed by atoms with van der Waals surface area (Å²) in [5, 5.41) is 61.6. The number of nitrogens with two attached hydrogens (primary N) is 1. The number of thioether (sulfide) groups is 2. The average molecular weight is 1680 g/mol. The SMILES string of the molecule is CC[C@@]12CN(C(=N)SC)[C@@H]([C@H](n3cc(C)c(=O)[nH]c3=O)O1)[C@@H]2O.CC[C@@]12CN(C(N)=S)[C@@H]([C@H](n3cc(C)c(=O)[nH]c3=O)O1)[C@@H]2O.CC[C@@]12CN(C(NC(C)=O)SC)[C@@H]([C@H](n3cc(C)c(=O)[nH]c3=O)O1)[C@@H]2C.CC[C@@]12CN(c3nc(C)n(C)n3)[C@@H]([C@H](n3cc(C)c(=O)[nH]c3=O)O1)[C@@H]2O.CC[C@@]12CN[C@@H]([C@H](n3cc(C)c(=O)[nH]c3=O)O1)[C@@H]2O. The molecule has 6 aromatic rings. The number of carbonyl (C=O) groups excluding carboxylic acids is 1. The second kappa shape index (κ2) is 32.5. The summed E-state index contributed by atoms with van der Waals surface area (Å²) in [6.45, 7) is 25.9. The van der Waals surface area contributed by atoms with Crippen LogP contribution in [0.5, 0.6) is 0 Å². The zero-order chi connectivity index (χ0) is 85.0. The third-order valence-electron chi connectivity index (χ3n) is 24.8. The monoisotopic (exact) mass is 1680 g/mol. The number of morpholine rings is 5. The Balaban J connectivity index is 0.000000134. The Morgan fingerprint density at radius 2 is 0.905 bits per heavy atom. The van der Waals surface area contributed by atoms with E-state index in [4.69, 9.17) is 47.0 Å². The highest BCUT2D eigenvalue weighted by Crippen LogP contribution is 2.54. The molecule has 116 heavy (non-hydrogen) atoms. The Labute approximate surface area is 675 Å². The highest BCUT2D eigenvalue weighted by molar-refractivity contribution is 8.13. The first-order chi connectivity index (χ1) is 54.6. The number of nitrogens with zero attached hydrogens (tertiary/aromatic N) is 12. The Morgan fingerprint density at radius 1 is 0.552 bits per heavy atom. The van der Waals surface area contributed by atoms with Gasteiger partial charge in [-0.05, 0) is 98.4 Å². The Bertz CT molecular complexity index is 5420. The minimum absolute atomic E-state index is 0.0812. The summed E-state index contributed by atoms with van der Waals surface area (Å²) in [4.78, 5) is 154. The van der Waals surface area contributed by atoms with E-state index in [9.17, 15) is 73.2 Å². The van der Waals surface area contributed by atoms with Crippen LogP contribution >= 0.6 is 35.7 Å². The third kappa shape index (κ3) is 14.7. The second-order valence-corrected chi connectivity index (χ2v) is 33.4. The number of aliphatic hydroxyl groups is 4. The zero-order valence-corrected chi connectivity index (χ0v) is 69.6. The largest absolute Gasteiger partial charge is 0.388 e. The van der Waals surface area contributed by atoms with Crippen molar-refractivity contribution >= 4 is 57.9 Å². The lowest BCUT2D eigenvalue weighted by molar-refractivity contribution is -0.140. The van der Waals surface area contributed by atoms with Gasteiger partial charge in [-0.3, -0.25) is 91.5 Å². The molecule has 16 heterocycles. The molecule has 1 amide bonds. The molecule has 44 heteroatoms. The van der Waals surface area contributed by atoms with Crippen LogP contribution in [-0.2, 0) is 35.5 Å². The maximum absolute atomic E-state index is 12.4. The van der Waals surface area contributed by atoms with E-state index in [0.717, 1.165) is 12.2 Å². The molecule has 0 radical (unpaired) electrons. The molecule has 10 aliphatic rings. The van der Waals surface area contributed by atoms with E-state index < -0.39 is 147 Å². The van der Waals surface area contributed by atoms with Crippen LogP contribution in [0.15, 0.2) is 78.9 Å². The van der Waals surface area contributed by atoms with E-state index in [-0.39, 0.29) is 45.7 Å². The Hall–Kier alpha value is -8.77. The van der Waals surface area contributed by atoms with E-state index in [1.54, 1.807) is 80.4 Å². The number of anilines is 1. The summed E-state index contributed by atoms with van der Waals surface area (Å²) in [7, 11) is 1.80. The van der Waals surface area contributed by atoms with Crippen molar-refractivity contribution < 1.29 is 48.9 Å². The number of nitrogens with one attached hydrogen (secondary N) is 8. The second-order valence-electron chi connectivity index (χ2n) is 31.2. The van der Waals surface area contributed by atoms with Crippen LogP contribution < -0.4 is 77.5 Å². The van der Waals surface area contributed by atoms with Gasteiger partial charge in [0.05, 0.1) is 37.3 Å². The summed E-state index contributed by atoms with van der Waals surface area (Å²) in [6, 6.07) is -2.02. The van der Waals surface area contributed by atoms with E-state index in [0.29, 0.717) is 97.3 Å². The number of hydrogen-bond acceptors (Lipinski definition) is 29. The normalized spacial score (nSPS) is 32.8. The van der Waals surface area contributed by atoms with Gasteiger partial charge in [0.2, 0.25) is 11.9 Å². The molecule has 0 aliphatic carbocycles. The molecular formula is C72H103N21O20S3. The van der Waals surface area contributed by atoms with Crippen LogP contribution in [0.4, 0.5) is 5.95 Å². The van der Waals surface area contributed by atoms with E-state index in [1.807, 2.05) is 45.8 Å². The van der Waals surface area contributed by atoms with Crippen LogP contribution in [0.1, 0.15) is 145 Å². The van der Waals surface area contributed by atoms with Crippen LogP contribution in [0.2, 0.25) is 0 Å². The van der Waals surface area contributed by atoms with Crippen molar-refractivity contribution in [2.75, 3.05) is 50.1 Å². The first kappa shape index (κ1) is 86.6. The number of aliphatic hydroxyl groups excluding tert-OH is 4. The number of rotatable bonds is 14. The van der Waals surface area contributed by atoms with Crippen molar-refractivity contribution in [1.82, 2.24) is 87.9 Å². The molecule has 16 rings (SSSR count). The molecule has 0 saturated carbocycles. The molecule has 634 valence electrons. The summed E-state index contributed by atoms with van der Waals surface area (Å²) in [6.07, 6.45) is 7.86. The summed E-state index contributed by atoms with van der Waals surface area (Å²) in [5.41, 5.74) is -0.670. The lowest BCUT2D eigenvalue weighted by Crippen LogP contribution is -2.55. The first-order valence-corrected chi connectivity index (χ1v) is 41.2. The fourth-order valence-electron chi connectivity index (χ4n) is 17.8. The number of aromatic nitrogens is 13. The number of likely N-dealkylation sites (tertiary alicyclic amines) is 3. The number of thiocarbonyl (C=S) groups is 1. The first-order valence-electron chi connectivity index (χ1n) is 38.2. The lowest BCUT2D eigenvalue weighted by Gasteiger charge is -2.41. The van der Waals surface area contributed by atoms with Crippen molar-refractivity contribution in [3.8, 4) is 0 Å². The number of carbonyl (C=O) groups is 1. The minimum Gasteiger partial charge on any atom is -0.388 e. The molecule has 0 aromatic carbocycles. The molecule has 10 fully saturated rings. The van der Waals surface area contributed by atoms with Gasteiger partial charge in [-0.15, -0.1) is 16.9 Å². The standard InChI is InChI=1S/C17H26N4O4S.C16H22N6O4.C14H20N4O4S.C13H18N4O4S.C12H17N3O4/c1-6-17-8-21(16(26-5)18-11(4)22)12(10(17)3)14(25-17)20-7-9(2)13(23)19-15(20)24;1-5-16-7-22(14-17-9(3)20(4)19-14)10(11(16)23)13(26-16)21-6-8(2)12(24)18-15(21)25;1-4-14-6-18(12(15)23-3)8(9(14)19)11(22-14)17-5-7(2)10(20)16-13(17)21;1-3-13-5-17(11(14)22)7(8(13)18)10(21-13)16-4-6(2)9(19)15-12(16)20;1-3-12-5-13-7(8(12)16)10(19-12)15-4-6(2)9(17)14-11(15)18/h7,10,12,14,16H,6,8H2,1-5H3,(H,18,22)(H,19,23,24);6,10-11,13,23H,5,7H2,1-4H3,(H,18,24,25);5,8-9,11,15,19H,4,6H2,1-3H3,(H,16,20,21);4,7-8,10,18H,3,5H2,1-2H3,(H2,14,22)(H,15,19,20);4,7-8,10,13,16H,3,5H2,1-2H3,(H,14,17,18)/t10-,12+,14+,16?,17-;10-,11+,13-,16+;8-,9+,11-,14+;7-,8+,10-,13+;7-,8+,10-,12+/m01111/s1. The molecular weight excluding hydrogens is 1580 g/mol. The average Bonchev–Trinajstić information content (AvgIpc) is 1.58. The van der Waals surface area contributed by atoms with Gasteiger partial charge in [0, 0.05) is 91.8 Å². The molecule has 10 bridgehead atoms. The van der Waals surface area contributed by atoms with Gasteiger partial charge in [0.15, 0.2) is 41.4 Å². The molecule has 10 saturated heterocycles. The van der Waals surface area contributed by atoms with Crippen LogP contribution in [0.3, 0.4) is 0 Å². The Kier molecular flexibility index (Phi) is 24.3. The molecule has 41 nitrogen and oxygen atoms in total. The van der Waals surface area contributed by atoms with Crippen molar-refractivity contribution in [1.29, 1.82) is 5.41 Å². The van der Waals surface area contributed by atoms with Gasteiger partial charge in [0.25, 0.3) is 27.8 Å². The summed E-state index contributed by atoms with van der Waals surface area (Å²) < 4.78 is 38.9. The predicted molar refractivity (Wildman–Crippen MR) is 429 cm³/mol. The van der Waals surface area contributed by atoms with Crippen molar-refractivity contribution in [3.63, 3.8) is 0 Å². The maximum atomic E-state index is 12.4. The van der Waals surface area contributed by atoms with Crippen molar-refractivity contribution in [3.05, 3.63) is 169 Å². The molecule has 14 N–H and O–H groups in total. The zero-order valence-electron chi connectivity index (χ0n) is 67.2. The van der Waals surface area contributed by atoms with E-state index >= 15 is 0 Å². The number of amidine groups is 1. The van der Waals surface area contributed by atoms with E-state index in [2.05, 4.69) is 64.4 Å². The van der Waals surface area contributed by atoms with Gasteiger partial charge in [-0.2, -0.15) is 4.98 Å². The topological polar surface area (TPSA) is 536 Å². The number of aryl methyl sites for hydroxylation is 7. The molecule has 21 atom stereocenters. The molecule has 1 unspecified atom stereocenters. The van der Waals surface area contributed by atoms with E-state index in [1.165, 1.54) is 66.3 Å². The molecule has 0 spiro atoms. The van der Waals surface area contributed by atoms with Gasteiger partial charge in [-0.25, -0.2) is 24.0 Å². The highest BCUT2D eigenvalue weighted by Gasteiger charge is 2.68. The van der Waals surface area contributed by atoms with Gasteiger partial charge < -0.3 is 75.2 Å². The van der Waals surface area contributed by atoms with Gasteiger partial charge in [0.1, 0.15) is 76.3 Å². The van der Waals surface area contributed by atoms with Crippen molar-refractivity contribution in [2.24, 2.45) is 18.7 Å². The van der Waals surface area contributed by atoms with Gasteiger partial charge in [-0.1, -0.05) is 53.3 Å². The fraction of sp³-hybridized carbons (Fsp3) is 0.653. The number of ether oxygens (including phenoxy) is 5. The summed E-state index contributed by atoms with van der Waals surface area (Å²) in [5.74, 6) is 1.32. The Morgan fingerprint density at radius 3 is 1.24 bits per heavy atom. The number of fused-ring (bicyclic) bond motifs is 10. The number of amides is 1. The summed E-state index contributed by atoms with van der Waals surface area (Å²) >= 11 is 7.87. The maximum Gasteiger partial charge on any atom is 0.330 e. The third-order valence-corrected chi connectivity index (χ3v) is 26.5. The highest BCUT2D eigenvalue weighted by atomic mass is 32.2. The van der Waals surface area contributed by atoms with Crippen LogP contribution in [-0.4, -0.2) is 247 Å². The fourth-order valence-corrected chi connectivity index (χ4v) is 19.2. The van der Waals surface area contributed by atoms with Crippen LogP contribution in [0.25, 0.3) is 0 Å². The number of aromatic amines is 5. The van der Waals surface area contributed by atoms with Crippen molar-refractivity contribution in [2.45, 2.75) is 241 Å². The molecule has 10 aliphatic heterocycles. The quantitative estimate of drug-likeness (QED) is 0.0230. The smallest absolute Gasteiger partial charge is 0.330 e. The lowest BCUT2D eigenvalue weighted by atomic mass is 9.88. The predicted octanol–water partition coefficient (Wildman–Crippen LogP) is -2.63. The van der Waals surface area contributed by atoms with Crippen LogP contribution in [0, 0.1) is 52.9 Å². The minimum atomic E-state index is -0.817. The van der Waals surface area contributed by atoms with Gasteiger partial charge >= 0.3 is 28.4 Å². The number of H-pyrrole nitrogens is 5. The number of hydrogen-bond donors (Lipinski definition) is 13.